The summed E-state index contributed by atoms with van der Waals surface area (Å²) in [6.45, 7) is 14.7. The molecule has 0 aliphatic heterocycles. The van der Waals surface area contributed by atoms with Gasteiger partial charge in [-0.3, -0.25) is 9.97 Å². The summed E-state index contributed by atoms with van der Waals surface area (Å²) in [5.41, 5.74) is 21.8. The maximum Gasteiger partial charge on any atom is 0.227 e. The fourth-order valence-corrected chi connectivity index (χ4v) is 8.63. The van der Waals surface area contributed by atoms with Crippen LogP contribution in [0.4, 0.5) is 0 Å². The minimum atomic E-state index is 0.585. The lowest BCUT2D eigenvalue weighted by Gasteiger charge is -2.17. The molecular formula is C58H47N3O2. The molecule has 0 N–H and O–H groups in total. The number of ether oxygens (including phenoxy) is 1. The van der Waals surface area contributed by atoms with Crippen molar-refractivity contribution < 1.29 is 9.15 Å². The molecule has 0 amide bonds. The molecule has 0 aliphatic rings. The Morgan fingerprint density at radius 2 is 1.10 bits per heavy atom. The Bertz CT molecular complexity index is 3360. The van der Waals surface area contributed by atoms with Gasteiger partial charge in [-0.05, 0) is 169 Å². The Labute approximate surface area is 368 Å². The van der Waals surface area contributed by atoms with Crippen LogP contribution in [-0.2, 0) is 0 Å². The van der Waals surface area contributed by atoms with Gasteiger partial charge >= 0.3 is 0 Å². The standard InChI is InChI=1S/C58H47N3O2/c1-34-13-23-48(36(3)25-34)50-31-55(60-33-38(50)5)53-30-47(29-52-49-24-14-39(6)61-58(49)63-57(52)53)62-56-28-46(54-26-35(2)37(4)32-59-54)27-51(40(56)7)45-21-19-44(20-22-45)43-17-15-42(16-18-43)41-11-9-8-10-12-41/h8-33H,1-7H3. The zero-order valence-electron chi connectivity index (χ0n) is 36.7. The molecule has 5 heteroatoms. The highest BCUT2D eigenvalue weighted by Crippen LogP contribution is 2.43. The van der Waals surface area contributed by atoms with Crippen molar-refractivity contribution in [3.05, 3.63) is 197 Å². The average molecular weight is 818 g/mol. The van der Waals surface area contributed by atoms with E-state index in [4.69, 9.17) is 24.1 Å². The number of furan rings is 1. The number of fused-ring (bicyclic) bond motifs is 3. The number of aromatic nitrogens is 3. The van der Waals surface area contributed by atoms with Crippen molar-refractivity contribution in [1.82, 2.24) is 15.0 Å². The molecule has 0 saturated heterocycles. The number of benzene rings is 6. The second kappa shape index (κ2) is 16.0. The minimum absolute atomic E-state index is 0.585. The predicted molar refractivity (Wildman–Crippen MR) is 259 cm³/mol. The van der Waals surface area contributed by atoms with Crippen molar-refractivity contribution in [3.8, 4) is 78.5 Å². The largest absolute Gasteiger partial charge is 0.457 e. The van der Waals surface area contributed by atoms with E-state index in [9.17, 15) is 0 Å². The molecule has 0 spiro atoms. The smallest absolute Gasteiger partial charge is 0.227 e. The van der Waals surface area contributed by atoms with Crippen LogP contribution in [0.15, 0.2) is 162 Å². The topological polar surface area (TPSA) is 61.0 Å². The highest BCUT2D eigenvalue weighted by atomic mass is 16.5. The Hall–Kier alpha value is -7.63. The van der Waals surface area contributed by atoms with E-state index in [0.717, 1.165) is 89.3 Å². The summed E-state index contributed by atoms with van der Waals surface area (Å²) < 4.78 is 13.7. The summed E-state index contributed by atoms with van der Waals surface area (Å²) >= 11 is 0. The van der Waals surface area contributed by atoms with Crippen LogP contribution in [0.5, 0.6) is 11.5 Å². The summed E-state index contributed by atoms with van der Waals surface area (Å²) in [5, 5.41) is 1.84. The normalized spacial score (nSPS) is 11.4. The summed E-state index contributed by atoms with van der Waals surface area (Å²) in [7, 11) is 0. The van der Waals surface area contributed by atoms with Crippen molar-refractivity contribution in [2.75, 3.05) is 0 Å². The highest BCUT2D eigenvalue weighted by molar-refractivity contribution is 6.09. The first kappa shape index (κ1) is 39.5. The van der Waals surface area contributed by atoms with Crippen LogP contribution in [0.1, 0.15) is 39.1 Å². The van der Waals surface area contributed by atoms with E-state index in [-0.39, 0.29) is 0 Å². The van der Waals surface area contributed by atoms with Gasteiger partial charge in [0.15, 0.2) is 0 Å². The van der Waals surface area contributed by atoms with Crippen LogP contribution < -0.4 is 4.74 Å². The lowest BCUT2D eigenvalue weighted by molar-refractivity contribution is 0.480. The van der Waals surface area contributed by atoms with Gasteiger partial charge in [-0.2, -0.15) is 0 Å². The lowest BCUT2D eigenvalue weighted by Crippen LogP contribution is -1.96. The number of aryl methyl sites for hydroxylation is 6. The van der Waals surface area contributed by atoms with Crippen molar-refractivity contribution in [2.45, 2.75) is 48.5 Å². The molecule has 10 aromatic rings. The maximum atomic E-state index is 7.09. The molecule has 0 radical (unpaired) electrons. The number of pyridine rings is 3. The van der Waals surface area contributed by atoms with Crippen LogP contribution in [-0.4, -0.2) is 15.0 Å². The van der Waals surface area contributed by atoms with E-state index in [2.05, 4.69) is 175 Å². The van der Waals surface area contributed by atoms with E-state index in [1.54, 1.807) is 0 Å². The SMILES string of the molecule is Cc1ccc(-c2cc(-c3cc(Oc4cc(-c5cc(C)c(C)cn5)cc(-c5ccc(-c6ccc(-c7ccccc7)cc6)cc5)c4C)cc4c3oc3nc(C)ccc34)ncc2C)c(C)c1. The molecule has 0 atom stereocenters. The lowest BCUT2D eigenvalue weighted by atomic mass is 9.93. The van der Waals surface area contributed by atoms with Gasteiger partial charge in [-0.25, -0.2) is 4.98 Å². The molecule has 306 valence electrons. The molecule has 10 rings (SSSR count). The van der Waals surface area contributed by atoms with Gasteiger partial charge in [0.2, 0.25) is 5.71 Å². The predicted octanol–water partition coefficient (Wildman–Crippen LogP) is 15.7. The molecule has 0 bridgehead atoms. The first-order chi connectivity index (χ1) is 30.6. The van der Waals surface area contributed by atoms with Crippen molar-refractivity contribution in [1.29, 1.82) is 0 Å². The Morgan fingerprint density at radius 3 is 1.79 bits per heavy atom. The molecular weight excluding hydrogens is 771 g/mol. The van der Waals surface area contributed by atoms with E-state index in [1.165, 1.54) is 38.9 Å². The molecule has 6 aromatic carbocycles. The summed E-state index contributed by atoms with van der Waals surface area (Å²) in [6, 6.07) is 51.6. The average Bonchev–Trinajstić information content (AvgIpc) is 3.66. The Morgan fingerprint density at radius 1 is 0.429 bits per heavy atom. The fourth-order valence-electron chi connectivity index (χ4n) is 8.63. The summed E-state index contributed by atoms with van der Waals surface area (Å²) in [6.07, 6.45) is 3.90. The van der Waals surface area contributed by atoms with E-state index in [0.29, 0.717) is 11.5 Å². The van der Waals surface area contributed by atoms with Crippen molar-refractivity contribution in [2.24, 2.45) is 0 Å². The van der Waals surface area contributed by atoms with E-state index >= 15 is 0 Å². The molecule has 5 nitrogen and oxygen atoms in total. The first-order valence-corrected chi connectivity index (χ1v) is 21.5. The second-order valence-electron chi connectivity index (χ2n) is 16.9. The second-order valence-corrected chi connectivity index (χ2v) is 16.9. The zero-order chi connectivity index (χ0) is 43.4. The first-order valence-electron chi connectivity index (χ1n) is 21.5. The molecule has 4 aromatic heterocycles. The van der Waals surface area contributed by atoms with Crippen molar-refractivity contribution in [3.63, 3.8) is 0 Å². The quantitative estimate of drug-likeness (QED) is 0.153. The third-order valence-electron chi connectivity index (χ3n) is 12.4. The zero-order valence-corrected chi connectivity index (χ0v) is 36.7. The molecule has 0 unspecified atom stereocenters. The van der Waals surface area contributed by atoms with Crippen molar-refractivity contribution >= 4 is 22.1 Å². The summed E-state index contributed by atoms with van der Waals surface area (Å²) in [4.78, 5) is 14.7. The van der Waals surface area contributed by atoms with Gasteiger partial charge in [0, 0.05) is 40.0 Å². The molecule has 4 heterocycles. The molecule has 0 fully saturated rings. The van der Waals surface area contributed by atoms with Crippen LogP contribution in [0, 0.1) is 48.5 Å². The van der Waals surface area contributed by atoms with E-state index < -0.39 is 0 Å². The van der Waals surface area contributed by atoms with Gasteiger partial charge in [-0.15, -0.1) is 0 Å². The van der Waals surface area contributed by atoms with Crippen LogP contribution in [0.25, 0.3) is 89.1 Å². The summed E-state index contributed by atoms with van der Waals surface area (Å²) in [5.74, 6) is 1.41. The van der Waals surface area contributed by atoms with E-state index in [1.807, 2.05) is 31.5 Å². The third-order valence-corrected chi connectivity index (χ3v) is 12.4. The number of rotatable bonds is 8. The molecule has 0 saturated carbocycles. The van der Waals surface area contributed by atoms with Gasteiger partial charge < -0.3 is 9.15 Å². The molecule has 0 aliphatic carbocycles. The number of nitrogens with zero attached hydrogens (tertiary/aromatic N) is 3. The fraction of sp³-hybridized carbons (Fsp3) is 0.121. The van der Waals surface area contributed by atoms with Crippen LogP contribution >= 0.6 is 0 Å². The highest BCUT2D eigenvalue weighted by Gasteiger charge is 2.21. The number of hydrogen-bond donors (Lipinski definition) is 0. The third kappa shape index (κ3) is 7.57. The van der Waals surface area contributed by atoms with Crippen LogP contribution in [0.3, 0.4) is 0 Å². The van der Waals surface area contributed by atoms with Gasteiger partial charge in [-0.1, -0.05) is 103 Å². The molecule has 63 heavy (non-hydrogen) atoms. The van der Waals surface area contributed by atoms with Gasteiger partial charge in [0.25, 0.3) is 0 Å². The van der Waals surface area contributed by atoms with Crippen LogP contribution in [0.2, 0.25) is 0 Å². The Kier molecular flexibility index (Phi) is 10.0. The van der Waals surface area contributed by atoms with Gasteiger partial charge in [0.1, 0.15) is 17.1 Å². The Balaban J connectivity index is 1.09. The minimum Gasteiger partial charge on any atom is -0.457 e. The number of hydrogen-bond acceptors (Lipinski definition) is 5. The monoisotopic (exact) mass is 817 g/mol. The maximum absolute atomic E-state index is 7.09. The van der Waals surface area contributed by atoms with Gasteiger partial charge in [0.05, 0.1) is 11.4 Å².